The van der Waals surface area contributed by atoms with E-state index in [4.69, 9.17) is 0 Å². The highest BCUT2D eigenvalue weighted by Gasteiger charge is 1.94. The van der Waals surface area contributed by atoms with E-state index in [9.17, 15) is 0 Å². The zero-order valence-corrected chi connectivity index (χ0v) is 8.20. The molecular formula is C9H9NS2. The maximum absolute atomic E-state index is 4.34. The summed E-state index contributed by atoms with van der Waals surface area (Å²) in [6, 6.07) is 5.89. The van der Waals surface area contributed by atoms with Gasteiger partial charge in [-0.25, -0.2) is 4.98 Å². The molecule has 0 spiro atoms. The van der Waals surface area contributed by atoms with Gasteiger partial charge in [-0.2, -0.15) is 0 Å². The molecule has 0 N–H and O–H groups in total. The number of hydrogen-bond acceptors (Lipinski definition) is 3. The second-order valence-electron chi connectivity index (χ2n) is 1.88. The van der Waals surface area contributed by atoms with Crippen LogP contribution in [-0.2, 0) is 0 Å². The molecular weight excluding hydrogens is 186 g/mol. The van der Waals surface area contributed by atoms with Gasteiger partial charge in [-0.3, -0.25) is 0 Å². The van der Waals surface area contributed by atoms with E-state index < -0.39 is 0 Å². The van der Waals surface area contributed by atoms with E-state index in [-0.39, 0.29) is 0 Å². The molecule has 0 fully saturated rings. The molecule has 1 heterocycles. The third-order valence-electron chi connectivity index (χ3n) is 1.11. The number of hydrogen-bond donors (Lipinski definition) is 0. The lowest BCUT2D eigenvalue weighted by Gasteiger charge is -1.97. The molecule has 0 aliphatic rings. The molecule has 0 aliphatic carbocycles. The molecule has 1 rings (SSSR count). The summed E-state index contributed by atoms with van der Waals surface area (Å²) in [6.07, 6.45) is 0. The summed E-state index contributed by atoms with van der Waals surface area (Å²) < 4.78 is 0. The van der Waals surface area contributed by atoms with Crippen LogP contribution in [0.5, 0.6) is 0 Å². The first-order chi connectivity index (χ1) is 5.86. The van der Waals surface area contributed by atoms with Gasteiger partial charge in [-0.15, -0.1) is 0 Å². The lowest BCUT2D eigenvalue weighted by molar-refractivity contribution is 1.01. The standard InChI is InChI=1S/C9H9NS2/c1-3-11-8-6-5-7-9(10-8)12-4-2/h3-7H,1-2H2. The predicted octanol–water partition coefficient (Wildman–Crippen LogP) is 3.55. The second kappa shape index (κ2) is 5.06. The smallest absolute Gasteiger partial charge is 0.101 e. The number of rotatable bonds is 4. The Bertz CT molecular complexity index is 258. The summed E-state index contributed by atoms with van der Waals surface area (Å²) in [6.45, 7) is 7.26. The summed E-state index contributed by atoms with van der Waals surface area (Å²) in [7, 11) is 0. The summed E-state index contributed by atoms with van der Waals surface area (Å²) in [5, 5.41) is 5.48. The molecule has 0 saturated heterocycles. The fraction of sp³-hybridized carbons (Fsp3) is 0. The van der Waals surface area contributed by atoms with E-state index >= 15 is 0 Å². The van der Waals surface area contributed by atoms with Crippen LogP contribution in [0.1, 0.15) is 0 Å². The van der Waals surface area contributed by atoms with Crippen molar-refractivity contribution in [2.75, 3.05) is 0 Å². The minimum absolute atomic E-state index is 0.969. The van der Waals surface area contributed by atoms with Crippen LogP contribution >= 0.6 is 23.5 Å². The van der Waals surface area contributed by atoms with Gasteiger partial charge in [0.15, 0.2) is 0 Å². The van der Waals surface area contributed by atoms with Gasteiger partial charge in [0.1, 0.15) is 10.1 Å². The van der Waals surface area contributed by atoms with Gasteiger partial charge in [0, 0.05) is 0 Å². The van der Waals surface area contributed by atoms with Gasteiger partial charge >= 0.3 is 0 Å². The fourth-order valence-corrected chi connectivity index (χ4v) is 1.71. The zero-order valence-electron chi connectivity index (χ0n) is 6.56. The van der Waals surface area contributed by atoms with Gasteiger partial charge in [0.2, 0.25) is 0 Å². The summed E-state index contributed by atoms with van der Waals surface area (Å²) in [5.74, 6) is 0. The highest BCUT2D eigenvalue weighted by atomic mass is 32.2. The molecule has 1 aromatic rings. The molecule has 0 bridgehead atoms. The Morgan fingerprint density at radius 3 is 2.00 bits per heavy atom. The van der Waals surface area contributed by atoms with Crippen LogP contribution in [-0.4, -0.2) is 4.98 Å². The Morgan fingerprint density at radius 1 is 1.08 bits per heavy atom. The largest absolute Gasteiger partial charge is 0.235 e. The normalized spacial score (nSPS) is 9.33. The van der Waals surface area contributed by atoms with Crippen molar-refractivity contribution in [3.63, 3.8) is 0 Å². The fourth-order valence-electron chi connectivity index (χ4n) is 0.698. The zero-order chi connectivity index (χ0) is 8.81. The SMILES string of the molecule is C=CSc1cccc(SC=C)n1. The average molecular weight is 195 g/mol. The van der Waals surface area contributed by atoms with Crippen molar-refractivity contribution >= 4 is 23.5 Å². The molecule has 1 aromatic heterocycles. The third-order valence-corrected chi connectivity index (χ3v) is 2.38. The quantitative estimate of drug-likeness (QED) is 0.682. The predicted molar refractivity (Wildman–Crippen MR) is 56.3 cm³/mol. The van der Waals surface area contributed by atoms with E-state index in [0.717, 1.165) is 10.1 Å². The van der Waals surface area contributed by atoms with Gasteiger partial charge < -0.3 is 0 Å². The Kier molecular flexibility index (Phi) is 3.97. The second-order valence-corrected chi connectivity index (χ2v) is 3.86. The third kappa shape index (κ3) is 2.75. The molecule has 62 valence electrons. The topological polar surface area (TPSA) is 12.9 Å². The number of thioether (sulfide) groups is 2. The number of aromatic nitrogens is 1. The Labute approximate surface area is 81.0 Å². The van der Waals surface area contributed by atoms with Crippen LogP contribution in [0.15, 0.2) is 52.2 Å². The van der Waals surface area contributed by atoms with Crippen LogP contribution in [0.2, 0.25) is 0 Å². The van der Waals surface area contributed by atoms with Crippen molar-refractivity contribution in [1.82, 2.24) is 4.98 Å². The molecule has 1 nitrogen and oxygen atoms in total. The minimum Gasteiger partial charge on any atom is -0.235 e. The maximum atomic E-state index is 4.34. The minimum atomic E-state index is 0.969. The molecule has 0 radical (unpaired) electrons. The van der Waals surface area contributed by atoms with E-state index in [2.05, 4.69) is 18.1 Å². The first-order valence-electron chi connectivity index (χ1n) is 3.39. The van der Waals surface area contributed by atoms with Crippen LogP contribution in [0, 0.1) is 0 Å². The van der Waals surface area contributed by atoms with Crippen molar-refractivity contribution in [3.8, 4) is 0 Å². The molecule has 0 aliphatic heterocycles. The molecule has 12 heavy (non-hydrogen) atoms. The van der Waals surface area contributed by atoms with Crippen molar-refractivity contribution in [1.29, 1.82) is 0 Å². The number of nitrogens with zero attached hydrogens (tertiary/aromatic N) is 1. The van der Waals surface area contributed by atoms with Crippen molar-refractivity contribution in [3.05, 3.63) is 42.2 Å². The summed E-state index contributed by atoms with van der Waals surface area (Å²) in [5.41, 5.74) is 0. The lowest BCUT2D eigenvalue weighted by atomic mass is 10.5. The van der Waals surface area contributed by atoms with E-state index in [1.54, 1.807) is 10.8 Å². The van der Waals surface area contributed by atoms with Crippen LogP contribution < -0.4 is 0 Å². The number of pyridine rings is 1. The van der Waals surface area contributed by atoms with Crippen LogP contribution in [0.3, 0.4) is 0 Å². The van der Waals surface area contributed by atoms with Gasteiger partial charge in [0.25, 0.3) is 0 Å². The maximum Gasteiger partial charge on any atom is 0.101 e. The van der Waals surface area contributed by atoms with Crippen molar-refractivity contribution in [2.24, 2.45) is 0 Å². The molecule has 0 atom stereocenters. The van der Waals surface area contributed by atoms with Gasteiger partial charge in [-0.05, 0) is 22.9 Å². The Morgan fingerprint density at radius 2 is 1.58 bits per heavy atom. The summed E-state index contributed by atoms with van der Waals surface area (Å²) >= 11 is 3.04. The average Bonchev–Trinajstić information content (AvgIpc) is 2.06. The monoisotopic (exact) mass is 195 g/mol. The van der Waals surface area contributed by atoms with Crippen LogP contribution in [0.25, 0.3) is 0 Å². The van der Waals surface area contributed by atoms with E-state index in [0.29, 0.717) is 0 Å². The van der Waals surface area contributed by atoms with E-state index in [1.807, 2.05) is 18.2 Å². The van der Waals surface area contributed by atoms with Crippen molar-refractivity contribution < 1.29 is 0 Å². The van der Waals surface area contributed by atoms with Gasteiger partial charge in [-0.1, -0.05) is 42.7 Å². The molecule has 0 unspecified atom stereocenters. The van der Waals surface area contributed by atoms with Crippen molar-refractivity contribution in [2.45, 2.75) is 10.1 Å². The first kappa shape index (κ1) is 9.42. The Hall–Kier alpha value is -0.670. The molecule has 0 amide bonds. The molecule has 0 aromatic carbocycles. The Balaban J connectivity index is 2.79. The highest BCUT2D eigenvalue weighted by Crippen LogP contribution is 2.21. The first-order valence-corrected chi connectivity index (χ1v) is 5.15. The lowest BCUT2D eigenvalue weighted by Crippen LogP contribution is -1.79. The van der Waals surface area contributed by atoms with Gasteiger partial charge in [0.05, 0.1) is 0 Å². The van der Waals surface area contributed by atoms with Crippen LogP contribution in [0.4, 0.5) is 0 Å². The summed E-state index contributed by atoms with van der Waals surface area (Å²) in [4.78, 5) is 4.34. The highest BCUT2D eigenvalue weighted by molar-refractivity contribution is 8.02. The van der Waals surface area contributed by atoms with E-state index in [1.165, 1.54) is 23.5 Å². The molecule has 0 saturated carbocycles. The molecule has 3 heteroatoms.